The highest BCUT2D eigenvalue weighted by molar-refractivity contribution is 5.76. The van der Waals surface area contributed by atoms with Crippen LogP contribution in [0, 0.1) is 0 Å². The number of hydrogen-bond donors (Lipinski definition) is 3. The van der Waals surface area contributed by atoms with Gasteiger partial charge in [-0.05, 0) is 57.8 Å². The van der Waals surface area contributed by atoms with E-state index < -0.39 is 12.1 Å². The van der Waals surface area contributed by atoms with E-state index in [9.17, 15) is 19.8 Å². The molecule has 77 heavy (non-hydrogen) atoms. The number of amides is 1. The summed E-state index contributed by atoms with van der Waals surface area (Å²) in [6.45, 7) is 4.95. The van der Waals surface area contributed by atoms with Crippen molar-refractivity contribution in [2.24, 2.45) is 0 Å². The van der Waals surface area contributed by atoms with Gasteiger partial charge >= 0.3 is 5.97 Å². The van der Waals surface area contributed by atoms with Crippen LogP contribution in [0.1, 0.15) is 393 Å². The normalized spacial score (nSPS) is 12.6. The number of hydrogen-bond acceptors (Lipinski definition) is 5. The molecule has 0 aromatic rings. The molecule has 6 nitrogen and oxygen atoms in total. The van der Waals surface area contributed by atoms with Gasteiger partial charge in [0.1, 0.15) is 0 Å². The van der Waals surface area contributed by atoms with E-state index in [0.29, 0.717) is 25.9 Å². The third-order valence-corrected chi connectivity index (χ3v) is 16.5. The van der Waals surface area contributed by atoms with Gasteiger partial charge in [0.05, 0.1) is 25.4 Å². The molecule has 1 amide bonds. The van der Waals surface area contributed by atoms with E-state index in [1.54, 1.807) is 0 Å². The van der Waals surface area contributed by atoms with Crippen LogP contribution < -0.4 is 5.32 Å². The number of carbonyl (C=O) groups is 2. The van der Waals surface area contributed by atoms with E-state index in [0.717, 1.165) is 51.4 Å². The number of nitrogens with one attached hydrogen (secondary N) is 1. The van der Waals surface area contributed by atoms with Crippen molar-refractivity contribution in [3.8, 4) is 0 Å². The fraction of sp³-hybridized carbons (Fsp3) is 0.915. The molecule has 0 aromatic heterocycles. The highest BCUT2D eigenvalue weighted by Crippen LogP contribution is 2.19. The Bertz CT molecular complexity index is 1200. The zero-order chi connectivity index (χ0) is 55.7. The van der Waals surface area contributed by atoms with E-state index in [-0.39, 0.29) is 18.5 Å². The van der Waals surface area contributed by atoms with E-state index in [2.05, 4.69) is 43.5 Å². The molecular formula is C71H137NO5. The number of aliphatic hydroxyl groups is 2. The Morgan fingerprint density at radius 3 is 1.01 bits per heavy atom. The van der Waals surface area contributed by atoms with E-state index in [4.69, 9.17) is 4.74 Å². The maximum Gasteiger partial charge on any atom is 0.305 e. The van der Waals surface area contributed by atoms with Crippen molar-refractivity contribution in [3.63, 3.8) is 0 Å². The van der Waals surface area contributed by atoms with Crippen LogP contribution in [0.3, 0.4) is 0 Å². The Balaban J connectivity index is 3.30. The Kier molecular flexibility index (Phi) is 65.4. The van der Waals surface area contributed by atoms with Crippen LogP contribution in [0.2, 0.25) is 0 Å². The van der Waals surface area contributed by atoms with Crippen molar-refractivity contribution in [3.05, 3.63) is 24.3 Å². The van der Waals surface area contributed by atoms with Crippen molar-refractivity contribution in [2.75, 3.05) is 13.2 Å². The van der Waals surface area contributed by atoms with Gasteiger partial charge in [0, 0.05) is 12.8 Å². The van der Waals surface area contributed by atoms with Crippen LogP contribution in [0.4, 0.5) is 0 Å². The first-order chi connectivity index (χ1) is 38.0. The van der Waals surface area contributed by atoms with Crippen molar-refractivity contribution in [2.45, 2.75) is 405 Å². The van der Waals surface area contributed by atoms with Gasteiger partial charge < -0.3 is 20.3 Å². The molecule has 2 unspecified atom stereocenters. The number of carbonyl (C=O) groups excluding carboxylic acids is 2. The summed E-state index contributed by atoms with van der Waals surface area (Å²) in [5.74, 6) is -0.0133. The monoisotopic (exact) mass is 1080 g/mol. The maximum atomic E-state index is 12.5. The molecule has 0 aliphatic heterocycles. The summed E-state index contributed by atoms with van der Waals surface area (Å²) >= 11 is 0. The summed E-state index contributed by atoms with van der Waals surface area (Å²) in [6.07, 6.45) is 83.8. The molecule has 6 heteroatoms. The predicted molar refractivity (Wildman–Crippen MR) is 338 cm³/mol. The number of ether oxygens (including phenoxy) is 1. The first kappa shape index (κ1) is 75.3. The van der Waals surface area contributed by atoms with Crippen molar-refractivity contribution in [1.29, 1.82) is 0 Å². The second-order valence-electron chi connectivity index (χ2n) is 24.2. The average Bonchev–Trinajstić information content (AvgIpc) is 3.43. The number of aliphatic hydroxyl groups excluding tert-OH is 2. The number of esters is 1. The van der Waals surface area contributed by atoms with Crippen LogP contribution >= 0.6 is 0 Å². The zero-order valence-electron chi connectivity index (χ0n) is 52.2. The minimum atomic E-state index is -0.659. The molecule has 0 spiro atoms. The zero-order valence-corrected chi connectivity index (χ0v) is 52.2. The summed E-state index contributed by atoms with van der Waals surface area (Å²) in [4.78, 5) is 24.6. The molecule has 0 saturated carbocycles. The molecule has 0 fully saturated rings. The first-order valence-electron chi connectivity index (χ1n) is 35.1. The van der Waals surface area contributed by atoms with E-state index >= 15 is 0 Å². The summed E-state index contributed by atoms with van der Waals surface area (Å²) in [5.41, 5.74) is 0. The number of rotatable bonds is 66. The fourth-order valence-corrected chi connectivity index (χ4v) is 11.1. The second kappa shape index (κ2) is 66.8. The molecule has 456 valence electrons. The molecule has 3 N–H and O–H groups in total. The predicted octanol–water partition coefficient (Wildman–Crippen LogP) is 22.5. The molecule has 0 heterocycles. The Hall–Kier alpha value is -1.66. The topological polar surface area (TPSA) is 95.9 Å². The van der Waals surface area contributed by atoms with Gasteiger partial charge in [0.25, 0.3) is 0 Å². The second-order valence-corrected chi connectivity index (χ2v) is 24.2. The van der Waals surface area contributed by atoms with E-state index in [1.165, 1.54) is 308 Å². The van der Waals surface area contributed by atoms with Crippen LogP contribution in [0.15, 0.2) is 24.3 Å². The van der Waals surface area contributed by atoms with Gasteiger partial charge in [0.2, 0.25) is 5.91 Å². The molecule has 0 aliphatic rings. The van der Waals surface area contributed by atoms with Crippen molar-refractivity contribution in [1.82, 2.24) is 5.32 Å². The fourth-order valence-electron chi connectivity index (χ4n) is 11.1. The third kappa shape index (κ3) is 63.4. The molecular weight excluding hydrogens is 947 g/mol. The minimum Gasteiger partial charge on any atom is -0.466 e. The molecule has 0 saturated heterocycles. The maximum absolute atomic E-state index is 12.5. The Morgan fingerprint density at radius 2 is 0.649 bits per heavy atom. The standard InChI is InChI=1S/C71H137NO5/c1-3-5-7-9-11-13-15-16-17-18-31-35-38-41-45-49-53-57-61-65-71(76)77-66-62-58-54-50-46-42-39-36-33-30-28-26-24-22-20-19-21-23-25-27-29-32-34-37-40-44-48-52-56-60-64-70(75)72-68(67-73)69(74)63-59-55-51-47-43-14-12-10-8-6-4-2/h11,13,16-17,68-69,73-74H,3-10,12,14-15,18-67H2,1-2H3,(H,72,75)/b13-11-,17-16-. The van der Waals surface area contributed by atoms with Crippen LogP contribution in [-0.4, -0.2) is 47.4 Å². The van der Waals surface area contributed by atoms with Gasteiger partial charge in [0.15, 0.2) is 0 Å². The minimum absolute atomic E-state index is 0.0169. The molecule has 0 radical (unpaired) electrons. The van der Waals surface area contributed by atoms with Crippen LogP contribution in [0.5, 0.6) is 0 Å². The van der Waals surface area contributed by atoms with Gasteiger partial charge in [-0.3, -0.25) is 9.59 Å². The van der Waals surface area contributed by atoms with Gasteiger partial charge in [-0.1, -0.05) is 346 Å². The summed E-state index contributed by atoms with van der Waals surface area (Å²) < 4.78 is 5.51. The van der Waals surface area contributed by atoms with Gasteiger partial charge in [-0.2, -0.15) is 0 Å². The number of allylic oxidation sites excluding steroid dienone is 4. The largest absolute Gasteiger partial charge is 0.466 e. The quantitative estimate of drug-likeness (QED) is 0.0320. The molecule has 0 bridgehead atoms. The molecule has 0 aliphatic carbocycles. The van der Waals surface area contributed by atoms with Crippen molar-refractivity contribution >= 4 is 11.9 Å². The molecule has 0 aromatic carbocycles. The average molecular weight is 1080 g/mol. The van der Waals surface area contributed by atoms with E-state index in [1.807, 2.05) is 0 Å². The Morgan fingerprint density at radius 1 is 0.364 bits per heavy atom. The summed E-state index contributed by atoms with van der Waals surface area (Å²) in [6, 6.07) is -0.537. The molecule has 0 rings (SSSR count). The summed E-state index contributed by atoms with van der Waals surface area (Å²) in [7, 11) is 0. The highest BCUT2D eigenvalue weighted by Gasteiger charge is 2.20. The first-order valence-corrected chi connectivity index (χ1v) is 35.1. The van der Waals surface area contributed by atoms with Gasteiger partial charge in [-0.25, -0.2) is 0 Å². The smallest absolute Gasteiger partial charge is 0.305 e. The van der Waals surface area contributed by atoms with Crippen LogP contribution in [0.25, 0.3) is 0 Å². The Labute approximate surface area is 481 Å². The van der Waals surface area contributed by atoms with Gasteiger partial charge in [-0.15, -0.1) is 0 Å². The summed E-state index contributed by atoms with van der Waals surface area (Å²) in [5, 5.41) is 23.2. The SMILES string of the molecule is CCCCC/C=C\C/C=C\CCCCCCCCCCCC(=O)OCCCCCCCCCCCCCCCCCCCCCCCCCCCCCCCCC(=O)NC(CO)C(O)CCCCCCCCCCCCC. The van der Waals surface area contributed by atoms with Crippen molar-refractivity contribution < 1.29 is 24.5 Å². The van der Waals surface area contributed by atoms with Crippen LogP contribution in [-0.2, 0) is 14.3 Å². The lowest BCUT2D eigenvalue weighted by molar-refractivity contribution is -0.143. The third-order valence-electron chi connectivity index (χ3n) is 16.5. The lowest BCUT2D eigenvalue weighted by atomic mass is 10.0. The lowest BCUT2D eigenvalue weighted by Crippen LogP contribution is -2.45. The molecule has 2 atom stereocenters. The highest BCUT2D eigenvalue weighted by atomic mass is 16.5. The number of unbranched alkanes of at least 4 members (excludes halogenated alkanes) is 51. The lowest BCUT2D eigenvalue weighted by Gasteiger charge is -2.22.